The Morgan fingerprint density at radius 2 is 0.651 bits per heavy atom. The summed E-state index contributed by atoms with van der Waals surface area (Å²) in [4.78, 5) is 126. The highest BCUT2D eigenvalue weighted by Gasteiger charge is 2.43. The first-order chi connectivity index (χ1) is 72.3. The molecule has 6 aromatic carbocycles. The van der Waals surface area contributed by atoms with Crippen LogP contribution in [0.4, 0.5) is 0 Å². The van der Waals surface area contributed by atoms with Gasteiger partial charge in [-0.2, -0.15) is 0 Å². The normalized spacial score (nSPS) is 18.8. The molecule has 0 radical (unpaired) electrons. The zero-order valence-electron chi connectivity index (χ0n) is 82.4. The highest BCUT2D eigenvalue weighted by atomic mass is 35.5. The van der Waals surface area contributed by atoms with Gasteiger partial charge in [-0.15, -0.1) is 34.0 Å². The smallest absolute Gasteiger partial charge is 0.263 e. The van der Waals surface area contributed by atoms with Gasteiger partial charge in [0.15, 0.2) is 30.5 Å². The van der Waals surface area contributed by atoms with Crippen LogP contribution in [0.1, 0.15) is 180 Å². The number of aliphatic hydroxyl groups excluding tert-OH is 2. The number of likely N-dealkylation sites (tertiary alicyclic amines) is 5. The van der Waals surface area contributed by atoms with Crippen LogP contribution in [0.5, 0.6) is 28.7 Å². The van der Waals surface area contributed by atoms with Crippen molar-refractivity contribution in [1.82, 2.24) is 59.7 Å². The molecule has 25 rings (SSSR count). The maximum absolute atomic E-state index is 13.0. The van der Waals surface area contributed by atoms with E-state index in [0.29, 0.717) is 84.0 Å². The lowest BCUT2D eigenvalue weighted by atomic mass is 9.96. The van der Waals surface area contributed by atoms with E-state index in [1.165, 1.54) is 66.1 Å². The summed E-state index contributed by atoms with van der Waals surface area (Å²) in [5, 5.41) is 26.6. The molecule has 6 unspecified atom stereocenters. The average molecular weight is 2160 g/mol. The van der Waals surface area contributed by atoms with Crippen LogP contribution in [0.15, 0.2) is 171 Å². The van der Waals surface area contributed by atoms with Gasteiger partial charge in [-0.25, -0.2) is 0 Å². The zero-order valence-corrected chi connectivity index (χ0v) is 88.6. The number of aromatic nitrogens is 6. The molecular weight excluding hydrogens is 2050 g/mol. The first-order valence-electron chi connectivity index (χ1n) is 51.0. The molecule has 0 saturated carbocycles. The molecule has 15 aromatic rings. The van der Waals surface area contributed by atoms with Crippen molar-refractivity contribution in [2.45, 2.75) is 185 Å². The molecule has 149 heavy (non-hydrogen) atoms. The summed E-state index contributed by atoms with van der Waals surface area (Å²) in [7, 11) is 1.61. The van der Waals surface area contributed by atoms with E-state index in [1.807, 2.05) is 152 Å². The Kier molecular flexibility index (Phi) is 30.5. The molecule has 7 atom stereocenters. The Bertz CT molecular complexity index is 7730. The number of carbonyl (C=O) groups excluding carboxylic acids is 7. The van der Waals surface area contributed by atoms with Gasteiger partial charge in [0.05, 0.1) is 69.2 Å². The molecule has 5 saturated heterocycles. The number of piperidine rings is 5. The third-order valence-corrected chi connectivity index (χ3v) is 34.0. The topological polar surface area (TPSA) is 341 Å². The minimum atomic E-state index is -0.560. The van der Waals surface area contributed by atoms with Gasteiger partial charge in [0.1, 0.15) is 28.7 Å². The number of amides is 7. The van der Waals surface area contributed by atoms with Crippen LogP contribution in [-0.4, -0.2) is 209 Å². The number of hydrogen-bond acceptors (Lipinski definition) is 22. The number of pyridine rings is 5. The van der Waals surface area contributed by atoms with Gasteiger partial charge in [0.2, 0.25) is 0 Å². The quantitative estimate of drug-likeness (QED) is 0.0675. The minimum Gasteiger partial charge on any atom is -0.479 e. The van der Waals surface area contributed by atoms with Crippen LogP contribution >= 0.6 is 92.0 Å². The number of carbonyl (C=O) groups is 7. The number of benzene rings is 6. The van der Waals surface area contributed by atoms with E-state index in [0.717, 1.165) is 288 Å². The van der Waals surface area contributed by atoms with E-state index >= 15 is 0 Å². The van der Waals surface area contributed by atoms with Crippen molar-refractivity contribution in [2.24, 2.45) is 5.73 Å². The highest BCUT2D eigenvalue weighted by molar-refractivity contribution is 7.22. The number of ether oxygens (including phenoxy) is 5. The summed E-state index contributed by atoms with van der Waals surface area (Å²) in [6.45, 7) is 11.6. The molecule has 0 aliphatic carbocycles. The Hall–Kier alpha value is -12.6. The number of nitrogens with one attached hydrogen (secondary N) is 2. The summed E-state index contributed by atoms with van der Waals surface area (Å²) >= 11 is 36.4. The molecule has 5 fully saturated rings. The van der Waals surface area contributed by atoms with Gasteiger partial charge >= 0.3 is 0 Å². The fourth-order valence-corrected chi connectivity index (χ4v) is 26.1. The third kappa shape index (κ3) is 21.6. The summed E-state index contributed by atoms with van der Waals surface area (Å²) in [6, 6.07) is 41.6. The predicted molar refractivity (Wildman–Crippen MR) is 585 cm³/mol. The molecule has 0 bridgehead atoms. The van der Waals surface area contributed by atoms with Crippen LogP contribution in [0, 0.1) is 0 Å². The second kappa shape index (κ2) is 44.5. The summed E-state index contributed by atoms with van der Waals surface area (Å²) in [6.07, 6.45) is 26.1. The lowest BCUT2D eigenvalue weighted by Crippen LogP contribution is -2.43. The number of thiophene rings is 3. The third-order valence-electron chi connectivity index (χ3n) is 29.2. The number of rotatable bonds is 14. The summed E-state index contributed by atoms with van der Waals surface area (Å²) in [5.41, 5.74) is 24.9. The lowest BCUT2D eigenvalue weighted by Gasteiger charge is -2.28. The molecule has 10 aliphatic heterocycles. The largest absolute Gasteiger partial charge is 0.479 e. The Morgan fingerprint density at radius 3 is 0.993 bits per heavy atom. The van der Waals surface area contributed by atoms with E-state index in [2.05, 4.69) is 35.2 Å². The molecule has 7 amide bonds. The van der Waals surface area contributed by atoms with Crippen molar-refractivity contribution in [2.75, 3.05) is 72.5 Å². The Morgan fingerprint density at radius 1 is 0.349 bits per heavy atom. The number of fused-ring (bicyclic) bond motifs is 10. The summed E-state index contributed by atoms with van der Waals surface area (Å²) < 4.78 is 33.9. The zero-order chi connectivity index (χ0) is 103. The second-order valence-corrected chi connectivity index (χ2v) is 44.7. The van der Waals surface area contributed by atoms with Crippen molar-refractivity contribution in [3.63, 3.8) is 0 Å². The van der Waals surface area contributed by atoms with Crippen LogP contribution in [-0.2, 0) is 56.1 Å². The summed E-state index contributed by atoms with van der Waals surface area (Å²) in [5.74, 6) is 3.29. The number of halogens is 5. The molecule has 27 nitrogen and oxygen atoms in total. The first kappa shape index (κ1) is 102. The Balaban J connectivity index is 0.000000109. The molecule has 35 heteroatoms. The van der Waals surface area contributed by atoms with Gasteiger partial charge < -0.3 is 74.4 Å². The van der Waals surface area contributed by atoms with Gasteiger partial charge in [-0.05, 0) is 243 Å². The van der Waals surface area contributed by atoms with Gasteiger partial charge in [-0.3, -0.25) is 58.5 Å². The van der Waals surface area contributed by atoms with Crippen molar-refractivity contribution < 1.29 is 67.5 Å². The average Bonchev–Trinajstić information content (AvgIpc) is 1.61. The minimum absolute atomic E-state index is 0.0417. The molecule has 9 aromatic heterocycles. The van der Waals surface area contributed by atoms with Crippen LogP contribution in [0.2, 0.25) is 25.1 Å². The number of H-pyrrole nitrogens is 1. The number of hydrogen-bond donors (Lipinski definition) is 5. The molecule has 10 aliphatic rings. The van der Waals surface area contributed by atoms with Crippen LogP contribution in [0.3, 0.4) is 0 Å². The van der Waals surface area contributed by atoms with E-state index in [1.54, 1.807) is 64.0 Å². The van der Waals surface area contributed by atoms with Crippen molar-refractivity contribution in [3.05, 3.63) is 244 Å². The predicted octanol–water partition coefficient (Wildman–Crippen LogP) is 22.4. The number of aromatic amines is 1. The number of nitrogens with zero attached hydrogens (tertiary/aromatic N) is 10. The van der Waals surface area contributed by atoms with E-state index in [4.69, 9.17) is 87.4 Å². The first-order valence-corrected chi connectivity index (χ1v) is 55.4. The van der Waals surface area contributed by atoms with Gasteiger partial charge in [0, 0.05) is 255 Å². The van der Waals surface area contributed by atoms with Crippen LogP contribution < -0.4 is 34.7 Å². The molecule has 19 heterocycles. The monoisotopic (exact) mass is 2160 g/mol. The Labute approximate surface area is 897 Å². The van der Waals surface area contributed by atoms with E-state index < -0.39 is 48.6 Å². The van der Waals surface area contributed by atoms with Gasteiger partial charge in [0.25, 0.3) is 41.4 Å². The lowest BCUT2D eigenvalue weighted by molar-refractivity contribution is -0.139. The molecular formula is C114H110Cl5N13O14S3. The number of primary amides is 1. The van der Waals surface area contributed by atoms with Crippen LogP contribution in [0.25, 0.3) is 108 Å². The van der Waals surface area contributed by atoms with Crippen molar-refractivity contribution in [1.29, 1.82) is 0 Å². The number of nitrogens with two attached hydrogens (primary N) is 1. The van der Waals surface area contributed by atoms with E-state index in [-0.39, 0.29) is 35.4 Å². The SMILES string of the molecule is CC(O)c1cc2nccc(-c3cc(Cl)cc4c3O[C@@H](C(=O)N3CCCCC3)C4)c2s1.CC(O)c1ccc2c(-c3cc(Cl)cc4c3OC(C(=O)N3CCCCC3)C4)ccnc2c1.CNC(=O)c1cc2nccc(-c3cc(Cl)cc4c3OC(C(=O)N3CCCCC3)C4)c2s1.NC(=O)c1cc2nccc(-c3cc(Cl)cc4c3OC(C(=O)N3CCCCC3)C4)c2s1.O=C(C1Cc2cc(Cl)cc(-c3ccnc4cc[nH]c34)c2O1)N1CCCCC1. The fraction of sp³-hybridized carbons (Fsp3) is 0.351. The maximum Gasteiger partial charge on any atom is 0.263 e. The second-order valence-electron chi connectivity index (χ2n) is 39.3. The fourth-order valence-electron chi connectivity index (χ4n) is 21.8. The van der Waals surface area contributed by atoms with Gasteiger partial charge in [-0.1, -0.05) is 70.1 Å². The van der Waals surface area contributed by atoms with Crippen molar-refractivity contribution >= 4 is 186 Å². The standard InChI is InChI=1S/C25H25ClN2O3.C23H22ClN3O3S.C23H23ClN2O3S.C22H20ClN3O3S.C21H20ClN3O2/c1-15(29)16-5-6-20-19(7-8-27-22(20)12-16)21-14-18(26)11-17-13-23(31-24(17)21)25(30)28-9-3-2-4-10-28;1-25-22(28)19-12-17-21(31-19)15(5-6-26-17)16-11-14(24)9-13-10-18(30-20(13)16)23(29)27-7-3-2-4-8-27;1-13(27)20-12-18-22(30-20)16(5-6-25-18)17-11-15(24)9-14-10-19(29-21(14)17)23(28)26-7-3-2-4-8-26;23-13-8-12-9-17(22(28)26-6-2-1-3-7-26)29-19(12)15(10-13)14-4-5-25-16-11-18(21(24)27)30-20(14)16;22-14-10-13-11-18(21(26)25-8-2-1-3-9-25)27-20(13)16(12-14)15-4-6-23-17-5-7-24-19(15)17/h5-8,11-12,14-15,23,29H,2-4,9-10,13H2,1H3;5-6,9,11-12,18H,2-4,7-8,10H2,1H3,(H,25,28);5-6,9,11-13,19,27H,2-4,7-8,10H2,1H3;4-5,8,10-11,17H,1-3,6-7,9H2,(H2,24,27);4-7,10,12,18,24H,1-3,8-9,11H2/t;;13?,19-;;/m..1../s1. The maximum atomic E-state index is 13.0. The highest BCUT2D eigenvalue weighted by Crippen LogP contribution is 2.52. The van der Waals surface area contributed by atoms with E-state index in [9.17, 15) is 43.8 Å². The molecule has 6 N–H and O–H groups in total. The molecule has 768 valence electrons. The van der Waals surface area contributed by atoms with Crippen molar-refractivity contribution in [3.8, 4) is 84.4 Å². The molecule has 0 spiro atoms. The number of aliphatic hydroxyl groups is 2.